The number of hydrogen-bond acceptors (Lipinski definition) is 8. The molecule has 3 N–H and O–H groups in total. The molecule has 0 aliphatic heterocycles. The summed E-state index contributed by atoms with van der Waals surface area (Å²) in [6, 6.07) is 7.33. The highest BCUT2D eigenvalue weighted by Crippen LogP contribution is 2.13. The molecule has 0 saturated heterocycles. The molecule has 28 heavy (non-hydrogen) atoms. The van der Waals surface area contributed by atoms with Gasteiger partial charge in [0.1, 0.15) is 17.5 Å². The largest absolute Gasteiger partial charge is 0.367 e. The summed E-state index contributed by atoms with van der Waals surface area (Å²) in [4.78, 5) is 8.23. The second kappa shape index (κ2) is 8.31. The van der Waals surface area contributed by atoms with Gasteiger partial charge in [0.2, 0.25) is 0 Å². The number of imidazole rings is 1. The summed E-state index contributed by atoms with van der Waals surface area (Å²) in [6.07, 6.45) is 3.19. The number of anilines is 3. The van der Waals surface area contributed by atoms with E-state index in [1.807, 2.05) is 19.1 Å². The Bertz CT molecular complexity index is 1030. The van der Waals surface area contributed by atoms with Crippen LogP contribution in [0.1, 0.15) is 11.4 Å². The van der Waals surface area contributed by atoms with Gasteiger partial charge in [-0.1, -0.05) is 0 Å². The fourth-order valence-electron chi connectivity index (χ4n) is 2.33. The van der Waals surface area contributed by atoms with Crippen LogP contribution in [0.5, 0.6) is 0 Å². The molecule has 0 radical (unpaired) electrons. The third-order valence-corrected chi connectivity index (χ3v) is 5.25. The van der Waals surface area contributed by atoms with Crippen LogP contribution < -0.4 is 15.4 Å². The normalized spacial score (nSPS) is 11.4. The average Bonchev–Trinajstić information content (AvgIpc) is 3.00. The van der Waals surface area contributed by atoms with Crippen molar-refractivity contribution in [1.82, 2.24) is 29.5 Å². The lowest BCUT2D eigenvalue weighted by Crippen LogP contribution is -2.29. The Kier molecular flexibility index (Phi) is 5.85. The molecule has 0 aliphatic rings. The van der Waals surface area contributed by atoms with Gasteiger partial charge in [-0.25, -0.2) is 23.1 Å². The molecule has 3 heterocycles. The van der Waals surface area contributed by atoms with E-state index in [9.17, 15) is 8.42 Å². The summed E-state index contributed by atoms with van der Waals surface area (Å²) in [7, 11) is -1.89. The molecule has 0 aromatic carbocycles. The molecule has 0 unspecified atom stereocenters. The van der Waals surface area contributed by atoms with E-state index in [1.54, 1.807) is 36.9 Å². The number of rotatable bonds is 8. The van der Waals surface area contributed by atoms with Gasteiger partial charge in [-0.3, -0.25) is 0 Å². The summed E-state index contributed by atoms with van der Waals surface area (Å²) in [5.74, 6) is 2.42. The first-order valence-electron chi connectivity index (χ1n) is 8.60. The van der Waals surface area contributed by atoms with Crippen LogP contribution in [0.3, 0.4) is 0 Å². The van der Waals surface area contributed by atoms with Crippen molar-refractivity contribution in [2.75, 3.05) is 23.7 Å². The Morgan fingerprint density at radius 1 is 1.04 bits per heavy atom. The van der Waals surface area contributed by atoms with Crippen molar-refractivity contribution < 1.29 is 8.42 Å². The third kappa shape index (κ3) is 5.02. The standard InChI is InChI=1S/C17H22N8O2S/c1-12-6-7-18-16(10-12)22-15-5-4-14(23-24-15)19-8-9-20-28(26,27)17-11-25(3)13(2)21-17/h4-7,10-11,20H,8-9H2,1-3H3,(H,19,23)(H,18,22,24). The zero-order chi connectivity index (χ0) is 20.1. The summed E-state index contributed by atoms with van der Waals surface area (Å²) >= 11 is 0. The van der Waals surface area contributed by atoms with Gasteiger partial charge in [0, 0.05) is 32.5 Å². The highest BCUT2D eigenvalue weighted by Gasteiger charge is 2.17. The molecule has 3 aromatic rings. The van der Waals surface area contributed by atoms with E-state index in [4.69, 9.17) is 0 Å². The topological polar surface area (TPSA) is 127 Å². The number of aryl methyl sites for hydroxylation is 3. The molecule has 0 atom stereocenters. The fraction of sp³-hybridized carbons (Fsp3) is 0.294. The van der Waals surface area contributed by atoms with Crippen LogP contribution in [0.25, 0.3) is 0 Å². The van der Waals surface area contributed by atoms with E-state index in [0.29, 0.717) is 29.8 Å². The Morgan fingerprint density at radius 3 is 2.43 bits per heavy atom. The molecule has 3 aromatic heterocycles. The van der Waals surface area contributed by atoms with Crippen molar-refractivity contribution >= 4 is 27.5 Å². The smallest absolute Gasteiger partial charge is 0.259 e. The van der Waals surface area contributed by atoms with E-state index < -0.39 is 10.0 Å². The van der Waals surface area contributed by atoms with Crippen LogP contribution in [-0.4, -0.2) is 46.2 Å². The molecule has 11 heteroatoms. The van der Waals surface area contributed by atoms with Gasteiger partial charge in [-0.2, -0.15) is 0 Å². The van der Waals surface area contributed by atoms with Gasteiger partial charge >= 0.3 is 0 Å². The molecular formula is C17H22N8O2S. The van der Waals surface area contributed by atoms with Gasteiger partial charge < -0.3 is 15.2 Å². The van der Waals surface area contributed by atoms with E-state index in [2.05, 4.69) is 35.5 Å². The molecule has 0 amide bonds. The highest BCUT2D eigenvalue weighted by molar-refractivity contribution is 7.89. The lowest BCUT2D eigenvalue weighted by Gasteiger charge is -2.08. The van der Waals surface area contributed by atoms with Crippen molar-refractivity contribution in [3.05, 3.63) is 48.0 Å². The summed E-state index contributed by atoms with van der Waals surface area (Å²) < 4.78 is 28.5. The third-order valence-electron chi connectivity index (χ3n) is 3.92. The second-order valence-corrected chi connectivity index (χ2v) is 7.92. The van der Waals surface area contributed by atoms with Crippen LogP contribution in [0.2, 0.25) is 0 Å². The van der Waals surface area contributed by atoms with E-state index in [-0.39, 0.29) is 11.6 Å². The quantitative estimate of drug-likeness (QED) is 0.482. The van der Waals surface area contributed by atoms with Crippen LogP contribution in [0, 0.1) is 13.8 Å². The maximum absolute atomic E-state index is 12.2. The minimum atomic E-state index is -3.64. The van der Waals surface area contributed by atoms with Gasteiger partial charge in [0.05, 0.1) is 0 Å². The predicted octanol–water partition coefficient (Wildman–Crippen LogP) is 1.36. The number of hydrogen-bond donors (Lipinski definition) is 3. The fourth-order valence-corrected chi connectivity index (χ4v) is 3.40. The Morgan fingerprint density at radius 2 is 1.79 bits per heavy atom. The van der Waals surface area contributed by atoms with Crippen LogP contribution >= 0.6 is 0 Å². The zero-order valence-electron chi connectivity index (χ0n) is 15.8. The van der Waals surface area contributed by atoms with Gasteiger partial charge in [0.25, 0.3) is 10.0 Å². The molecule has 3 rings (SSSR count). The van der Waals surface area contributed by atoms with Gasteiger partial charge in [0.15, 0.2) is 10.8 Å². The lowest BCUT2D eigenvalue weighted by atomic mass is 10.3. The zero-order valence-corrected chi connectivity index (χ0v) is 16.7. The minimum Gasteiger partial charge on any atom is -0.367 e. The number of sulfonamides is 1. The van der Waals surface area contributed by atoms with Gasteiger partial charge in [-0.05, 0) is 43.7 Å². The molecular weight excluding hydrogens is 380 g/mol. The molecule has 0 bridgehead atoms. The molecule has 0 saturated carbocycles. The van der Waals surface area contributed by atoms with Crippen molar-refractivity contribution in [3.8, 4) is 0 Å². The first kappa shape index (κ1) is 19.7. The molecule has 10 nitrogen and oxygen atoms in total. The summed E-state index contributed by atoms with van der Waals surface area (Å²) in [5.41, 5.74) is 1.09. The number of nitrogens with one attached hydrogen (secondary N) is 3. The minimum absolute atomic E-state index is 0.00692. The number of aromatic nitrogens is 5. The first-order valence-corrected chi connectivity index (χ1v) is 10.1. The van der Waals surface area contributed by atoms with E-state index in [0.717, 1.165) is 5.56 Å². The molecule has 0 fully saturated rings. The van der Waals surface area contributed by atoms with Crippen LogP contribution in [0.15, 0.2) is 41.7 Å². The Hall–Kier alpha value is -3.05. The second-order valence-electron chi connectivity index (χ2n) is 6.21. The maximum Gasteiger partial charge on any atom is 0.259 e. The molecule has 148 valence electrons. The first-order chi connectivity index (χ1) is 13.3. The SMILES string of the molecule is Cc1ccnc(Nc2ccc(NCCNS(=O)(=O)c3cn(C)c(C)n3)nn2)c1. The average molecular weight is 402 g/mol. The summed E-state index contributed by atoms with van der Waals surface area (Å²) in [5, 5.41) is 14.2. The lowest BCUT2D eigenvalue weighted by molar-refractivity contribution is 0.579. The highest BCUT2D eigenvalue weighted by atomic mass is 32.2. The Labute approximate surface area is 163 Å². The van der Waals surface area contributed by atoms with Crippen molar-refractivity contribution in [3.63, 3.8) is 0 Å². The number of nitrogens with zero attached hydrogens (tertiary/aromatic N) is 5. The van der Waals surface area contributed by atoms with Gasteiger partial charge in [-0.15, -0.1) is 10.2 Å². The number of pyridine rings is 1. The molecule has 0 spiro atoms. The predicted molar refractivity (Wildman–Crippen MR) is 106 cm³/mol. The van der Waals surface area contributed by atoms with Crippen LogP contribution in [0.4, 0.5) is 17.5 Å². The Balaban J connectivity index is 1.48. The van der Waals surface area contributed by atoms with Crippen molar-refractivity contribution in [1.29, 1.82) is 0 Å². The van der Waals surface area contributed by atoms with E-state index >= 15 is 0 Å². The summed E-state index contributed by atoms with van der Waals surface area (Å²) in [6.45, 7) is 4.26. The monoisotopic (exact) mass is 402 g/mol. The van der Waals surface area contributed by atoms with Crippen molar-refractivity contribution in [2.45, 2.75) is 18.9 Å². The molecule has 0 aliphatic carbocycles. The van der Waals surface area contributed by atoms with E-state index in [1.165, 1.54) is 6.20 Å². The maximum atomic E-state index is 12.2. The van der Waals surface area contributed by atoms with Crippen molar-refractivity contribution in [2.24, 2.45) is 7.05 Å². The van der Waals surface area contributed by atoms with Crippen LogP contribution in [-0.2, 0) is 17.1 Å².